The molecule has 1 N–H and O–H groups in total. The van der Waals surface area contributed by atoms with Gasteiger partial charge in [-0.3, -0.25) is 4.79 Å². The fraction of sp³-hybridized carbons (Fsp3) is 0.250. The smallest absolute Gasteiger partial charge is 0.314 e. The van der Waals surface area contributed by atoms with E-state index in [4.69, 9.17) is 11.6 Å². The molecular weight excluding hydrogens is 350 g/mol. The maximum Gasteiger partial charge on any atom is 0.314 e. The third kappa shape index (κ3) is 3.94. The van der Waals surface area contributed by atoms with Crippen LogP contribution in [0.1, 0.15) is 37.9 Å². The zero-order chi connectivity index (χ0) is 18.5. The van der Waals surface area contributed by atoms with Gasteiger partial charge in [-0.1, -0.05) is 49.6 Å². The average Bonchev–Trinajstić information content (AvgIpc) is 3.08. The lowest BCUT2D eigenvalue weighted by Gasteiger charge is -2.07. The number of aromatic nitrogens is 3. The van der Waals surface area contributed by atoms with E-state index >= 15 is 0 Å². The molecule has 0 saturated heterocycles. The molecule has 0 amide bonds. The third-order valence-corrected chi connectivity index (χ3v) is 4.43. The minimum Gasteiger partial charge on any atom is -0.481 e. The largest absolute Gasteiger partial charge is 0.481 e. The van der Waals surface area contributed by atoms with Crippen LogP contribution >= 0.6 is 11.6 Å². The summed E-state index contributed by atoms with van der Waals surface area (Å²) in [5.41, 5.74) is 1.66. The van der Waals surface area contributed by atoms with Gasteiger partial charge in [0.2, 0.25) is 0 Å². The van der Waals surface area contributed by atoms with E-state index in [0.29, 0.717) is 23.1 Å². The monoisotopic (exact) mass is 369 g/mol. The summed E-state index contributed by atoms with van der Waals surface area (Å²) < 4.78 is 1.69. The topological polar surface area (TPSA) is 68.0 Å². The highest BCUT2D eigenvalue weighted by Crippen LogP contribution is 2.27. The van der Waals surface area contributed by atoms with Gasteiger partial charge in [-0.05, 0) is 42.8 Å². The Morgan fingerprint density at radius 3 is 2.46 bits per heavy atom. The van der Waals surface area contributed by atoms with E-state index in [2.05, 4.69) is 10.1 Å². The molecule has 0 spiro atoms. The summed E-state index contributed by atoms with van der Waals surface area (Å²) in [5.74, 6) is -0.678. The number of carboxylic acids is 1. The number of unbranched alkanes of at least 4 members (excludes halogenated alkanes) is 1. The SMILES string of the molecule is CCCC[C@@H](C(=O)O)c1nc(-c2ccc(Cl)cc2)n(-c2ccccc2)n1. The number of para-hydroxylation sites is 1. The Balaban J connectivity index is 2.10. The molecule has 0 saturated carbocycles. The normalized spacial score (nSPS) is 12.1. The summed E-state index contributed by atoms with van der Waals surface area (Å²) >= 11 is 5.99. The minimum absolute atomic E-state index is 0.333. The lowest BCUT2D eigenvalue weighted by molar-refractivity contribution is -0.139. The van der Waals surface area contributed by atoms with Crippen LogP contribution in [0.25, 0.3) is 17.1 Å². The Morgan fingerprint density at radius 2 is 1.85 bits per heavy atom. The highest BCUT2D eigenvalue weighted by Gasteiger charge is 2.26. The molecule has 1 heterocycles. The van der Waals surface area contributed by atoms with Gasteiger partial charge in [0.1, 0.15) is 5.92 Å². The second kappa shape index (κ2) is 8.15. The summed E-state index contributed by atoms with van der Waals surface area (Å²) in [6, 6.07) is 16.9. The summed E-state index contributed by atoms with van der Waals surface area (Å²) in [7, 11) is 0. The molecule has 3 rings (SSSR count). The van der Waals surface area contributed by atoms with Crippen LogP contribution in [0, 0.1) is 0 Å². The fourth-order valence-corrected chi connectivity index (χ4v) is 2.91. The van der Waals surface area contributed by atoms with E-state index in [0.717, 1.165) is 24.1 Å². The van der Waals surface area contributed by atoms with Crippen molar-refractivity contribution in [2.45, 2.75) is 32.1 Å². The van der Waals surface area contributed by atoms with Gasteiger partial charge in [-0.2, -0.15) is 0 Å². The van der Waals surface area contributed by atoms with Crippen molar-refractivity contribution in [1.29, 1.82) is 0 Å². The summed E-state index contributed by atoms with van der Waals surface area (Å²) in [5, 5.41) is 14.8. The summed E-state index contributed by atoms with van der Waals surface area (Å²) in [6.45, 7) is 2.04. The van der Waals surface area contributed by atoms with Crippen LogP contribution < -0.4 is 0 Å². The molecule has 3 aromatic rings. The van der Waals surface area contributed by atoms with Crippen molar-refractivity contribution >= 4 is 17.6 Å². The van der Waals surface area contributed by atoms with E-state index in [9.17, 15) is 9.90 Å². The Labute approximate surface area is 157 Å². The van der Waals surface area contributed by atoms with Crippen molar-refractivity contribution in [1.82, 2.24) is 14.8 Å². The molecule has 5 nitrogen and oxygen atoms in total. The Hall–Kier alpha value is -2.66. The van der Waals surface area contributed by atoms with E-state index in [1.165, 1.54) is 0 Å². The second-order valence-electron chi connectivity index (χ2n) is 6.08. The lowest BCUT2D eigenvalue weighted by Crippen LogP contribution is -2.13. The van der Waals surface area contributed by atoms with Crippen molar-refractivity contribution in [3.63, 3.8) is 0 Å². The van der Waals surface area contributed by atoms with Crippen molar-refractivity contribution in [3.05, 3.63) is 65.4 Å². The Morgan fingerprint density at radius 1 is 1.15 bits per heavy atom. The van der Waals surface area contributed by atoms with E-state index in [-0.39, 0.29) is 0 Å². The number of aliphatic carboxylic acids is 1. The molecule has 134 valence electrons. The predicted octanol–water partition coefficient (Wildman–Crippen LogP) is 4.95. The maximum atomic E-state index is 11.7. The number of hydrogen-bond acceptors (Lipinski definition) is 3. The van der Waals surface area contributed by atoms with Crippen molar-refractivity contribution in [2.24, 2.45) is 0 Å². The molecule has 6 heteroatoms. The van der Waals surface area contributed by atoms with Crippen LogP contribution in [-0.4, -0.2) is 25.8 Å². The van der Waals surface area contributed by atoms with E-state index < -0.39 is 11.9 Å². The molecule has 0 aliphatic heterocycles. The van der Waals surface area contributed by atoms with Gasteiger partial charge in [0.15, 0.2) is 11.6 Å². The summed E-state index contributed by atoms with van der Waals surface area (Å²) in [4.78, 5) is 16.3. The molecule has 0 unspecified atom stereocenters. The first-order valence-electron chi connectivity index (χ1n) is 8.61. The van der Waals surface area contributed by atoms with Gasteiger partial charge in [0.25, 0.3) is 0 Å². The molecule has 1 aromatic heterocycles. The van der Waals surface area contributed by atoms with E-state index in [1.807, 2.05) is 49.4 Å². The van der Waals surface area contributed by atoms with E-state index in [1.54, 1.807) is 16.8 Å². The van der Waals surface area contributed by atoms with Crippen LogP contribution in [-0.2, 0) is 4.79 Å². The van der Waals surface area contributed by atoms with Gasteiger partial charge < -0.3 is 5.11 Å². The number of carbonyl (C=O) groups is 1. The first kappa shape index (κ1) is 18.1. The number of benzene rings is 2. The Bertz CT molecular complexity index is 876. The number of carboxylic acid groups (broad SMARTS) is 1. The molecule has 0 bridgehead atoms. The number of halogens is 1. The van der Waals surface area contributed by atoms with Gasteiger partial charge in [-0.25, -0.2) is 9.67 Å². The summed E-state index contributed by atoms with van der Waals surface area (Å²) in [6.07, 6.45) is 2.25. The van der Waals surface area contributed by atoms with Gasteiger partial charge in [0.05, 0.1) is 5.69 Å². The first-order valence-corrected chi connectivity index (χ1v) is 8.99. The first-order chi connectivity index (χ1) is 12.6. The number of rotatable bonds is 7. The van der Waals surface area contributed by atoms with Crippen molar-refractivity contribution in [3.8, 4) is 17.1 Å². The van der Waals surface area contributed by atoms with Crippen LogP contribution in [0.15, 0.2) is 54.6 Å². The Kier molecular flexibility index (Phi) is 5.68. The fourth-order valence-electron chi connectivity index (χ4n) is 2.78. The quantitative estimate of drug-likeness (QED) is 0.640. The van der Waals surface area contributed by atoms with Gasteiger partial charge in [0, 0.05) is 10.6 Å². The maximum absolute atomic E-state index is 11.7. The molecule has 2 aromatic carbocycles. The highest BCUT2D eigenvalue weighted by atomic mass is 35.5. The molecule has 0 aliphatic carbocycles. The predicted molar refractivity (Wildman–Crippen MR) is 102 cm³/mol. The van der Waals surface area contributed by atoms with Crippen molar-refractivity contribution in [2.75, 3.05) is 0 Å². The van der Waals surface area contributed by atoms with Crippen molar-refractivity contribution < 1.29 is 9.90 Å². The standard InChI is InChI=1S/C20H20ClN3O2/c1-2-3-9-17(20(25)26)18-22-19(14-10-12-15(21)13-11-14)24(23-18)16-7-5-4-6-8-16/h4-8,10-13,17H,2-3,9H2,1H3,(H,25,26)/t17-/m1/s1. The molecule has 26 heavy (non-hydrogen) atoms. The molecule has 1 atom stereocenters. The number of hydrogen-bond donors (Lipinski definition) is 1. The van der Waals surface area contributed by atoms with Crippen LogP contribution in [0.2, 0.25) is 5.02 Å². The molecule has 0 fully saturated rings. The number of nitrogens with zero attached hydrogens (tertiary/aromatic N) is 3. The van der Waals surface area contributed by atoms with Crippen LogP contribution in [0.4, 0.5) is 0 Å². The van der Waals surface area contributed by atoms with Gasteiger partial charge in [-0.15, -0.1) is 5.10 Å². The van der Waals surface area contributed by atoms with Gasteiger partial charge >= 0.3 is 5.97 Å². The zero-order valence-electron chi connectivity index (χ0n) is 14.5. The molecule has 0 radical (unpaired) electrons. The molecular formula is C20H20ClN3O2. The average molecular weight is 370 g/mol. The third-order valence-electron chi connectivity index (χ3n) is 4.18. The lowest BCUT2D eigenvalue weighted by atomic mass is 10.0. The highest BCUT2D eigenvalue weighted by molar-refractivity contribution is 6.30. The zero-order valence-corrected chi connectivity index (χ0v) is 15.2. The second-order valence-corrected chi connectivity index (χ2v) is 6.52. The van der Waals surface area contributed by atoms with Crippen LogP contribution in [0.5, 0.6) is 0 Å². The minimum atomic E-state index is -0.897. The molecule has 0 aliphatic rings. The van der Waals surface area contributed by atoms with Crippen LogP contribution in [0.3, 0.4) is 0 Å².